The Labute approximate surface area is 112 Å². The number of hydrogen-bond donors (Lipinski definition) is 3. The normalized spacial score (nSPS) is 15.1. The SMILES string of the molecule is O=C(NNC(=S)NC1CCCC1)c1ccccc1. The first-order valence-corrected chi connectivity index (χ1v) is 6.58. The summed E-state index contributed by atoms with van der Waals surface area (Å²) in [6.07, 6.45) is 4.79. The van der Waals surface area contributed by atoms with Gasteiger partial charge in [0.25, 0.3) is 5.91 Å². The Morgan fingerprint density at radius 2 is 1.78 bits per heavy atom. The molecule has 1 aromatic carbocycles. The maximum atomic E-state index is 11.7. The Morgan fingerprint density at radius 3 is 2.44 bits per heavy atom. The van der Waals surface area contributed by atoms with Crippen molar-refractivity contribution in [3.05, 3.63) is 35.9 Å². The molecule has 4 nitrogen and oxygen atoms in total. The Bertz CT molecular complexity index is 416. The van der Waals surface area contributed by atoms with Gasteiger partial charge in [-0.15, -0.1) is 0 Å². The van der Waals surface area contributed by atoms with Gasteiger partial charge in [-0.05, 0) is 37.2 Å². The van der Waals surface area contributed by atoms with Gasteiger partial charge in [0.1, 0.15) is 0 Å². The minimum absolute atomic E-state index is 0.189. The van der Waals surface area contributed by atoms with Crippen molar-refractivity contribution in [2.24, 2.45) is 0 Å². The molecule has 2 rings (SSSR count). The van der Waals surface area contributed by atoms with E-state index in [4.69, 9.17) is 12.2 Å². The van der Waals surface area contributed by atoms with Crippen LogP contribution in [0.5, 0.6) is 0 Å². The molecule has 0 heterocycles. The highest BCUT2D eigenvalue weighted by Crippen LogP contribution is 2.17. The van der Waals surface area contributed by atoms with Gasteiger partial charge in [-0.1, -0.05) is 31.0 Å². The van der Waals surface area contributed by atoms with E-state index in [1.54, 1.807) is 12.1 Å². The minimum Gasteiger partial charge on any atom is -0.359 e. The van der Waals surface area contributed by atoms with Crippen molar-refractivity contribution in [3.8, 4) is 0 Å². The molecule has 0 saturated heterocycles. The summed E-state index contributed by atoms with van der Waals surface area (Å²) in [5.74, 6) is -0.189. The standard InChI is InChI=1S/C13H17N3OS/c17-12(10-6-2-1-3-7-10)15-16-13(18)14-11-8-4-5-9-11/h1-3,6-7,11H,4-5,8-9H2,(H,15,17)(H2,14,16,18). The van der Waals surface area contributed by atoms with Crippen molar-refractivity contribution in [1.82, 2.24) is 16.2 Å². The number of nitrogens with one attached hydrogen (secondary N) is 3. The van der Waals surface area contributed by atoms with Crippen LogP contribution in [0.3, 0.4) is 0 Å². The highest BCUT2D eigenvalue weighted by atomic mass is 32.1. The van der Waals surface area contributed by atoms with Crippen LogP contribution in [-0.2, 0) is 0 Å². The Morgan fingerprint density at radius 1 is 1.11 bits per heavy atom. The minimum atomic E-state index is -0.189. The van der Waals surface area contributed by atoms with E-state index in [2.05, 4.69) is 16.2 Å². The van der Waals surface area contributed by atoms with E-state index in [-0.39, 0.29) is 5.91 Å². The van der Waals surface area contributed by atoms with Gasteiger partial charge in [0.2, 0.25) is 0 Å². The number of hydrogen-bond acceptors (Lipinski definition) is 2. The first-order valence-electron chi connectivity index (χ1n) is 6.17. The number of rotatable bonds is 2. The summed E-state index contributed by atoms with van der Waals surface area (Å²) < 4.78 is 0. The first-order chi connectivity index (χ1) is 8.75. The van der Waals surface area contributed by atoms with E-state index in [0.29, 0.717) is 16.7 Å². The molecule has 0 aromatic heterocycles. The van der Waals surface area contributed by atoms with E-state index < -0.39 is 0 Å². The average molecular weight is 263 g/mol. The number of benzene rings is 1. The second kappa shape index (κ2) is 6.35. The molecule has 1 fully saturated rings. The lowest BCUT2D eigenvalue weighted by Gasteiger charge is -2.16. The van der Waals surface area contributed by atoms with Crippen molar-refractivity contribution in [1.29, 1.82) is 0 Å². The van der Waals surface area contributed by atoms with Crippen LogP contribution in [0.25, 0.3) is 0 Å². The van der Waals surface area contributed by atoms with Gasteiger partial charge >= 0.3 is 0 Å². The third kappa shape index (κ3) is 3.70. The summed E-state index contributed by atoms with van der Waals surface area (Å²) in [4.78, 5) is 11.7. The number of amides is 1. The smallest absolute Gasteiger partial charge is 0.269 e. The van der Waals surface area contributed by atoms with Gasteiger partial charge in [0, 0.05) is 11.6 Å². The molecule has 0 spiro atoms. The highest BCUT2D eigenvalue weighted by Gasteiger charge is 2.15. The molecule has 18 heavy (non-hydrogen) atoms. The van der Waals surface area contributed by atoms with Gasteiger partial charge in [-0.2, -0.15) is 0 Å². The van der Waals surface area contributed by atoms with Gasteiger partial charge < -0.3 is 5.32 Å². The largest absolute Gasteiger partial charge is 0.359 e. The number of thiocarbonyl (C=S) groups is 1. The summed E-state index contributed by atoms with van der Waals surface area (Å²) in [6, 6.07) is 9.47. The van der Waals surface area contributed by atoms with Crippen molar-refractivity contribution in [2.45, 2.75) is 31.7 Å². The van der Waals surface area contributed by atoms with E-state index in [0.717, 1.165) is 12.8 Å². The van der Waals surface area contributed by atoms with Crippen molar-refractivity contribution in [2.75, 3.05) is 0 Å². The monoisotopic (exact) mass is 263 g/mol. The molecule has 0 bridgehead atoms. The fraction of sp³-hybridized carbons (Fsp3) is 0.385. The third-order valence-corrected chi connectivity index (χ3v) is 3.24. The Kier molecular flexibility index (Phi) is 4.52. The van der Waals surface area contributed by atoms with Gasteiger partial charge in [-0.3, -0.25) is 15.6 Å². The third-order valence-electron chi connectivity index (χ3n) is 3.02. The molecule has 0 aliphatic heterocycles. The number of carbonyl (C=O) groups is 1. The predicted molar refractivity (Wildman–Crippen MR) is 75.0 cm³/mol. The quantitative estimate of drug-likeness (QED) is 0.562. The fourth-order valence-electron chi connectivity index (χ4n) is 2.07. The van der Waals surface area contributed by atoms with E-state index in [1.807, 2.05) is 18.2 Å². The fourth-order valence-corrected chi connectivity index (χ4v) is 2.28. The van der Waals surface area contributed by atoms with Gasteiger partial charge in [0.15, 0.2) is 5.11 Å². The van der Waals surface area contributed by atoms with Gasteiger partial charge in [-0.25, -0.2) is 0 Å². The average Bonchev–Trinajstić information content (AvgIpc) is 2.90. The Hall–Kier alpha value is -1.62. The van der Waals surface area contributed by atoms with Crippen LogP contribution in [0.15, 0.2) is 30.3 Å². The lowest BCUT2D eigenvalue weighted by atomic mass is 10.2. The summed E-state index contributed by atoms with van der Waals surface area (Å²) in [7, 11) is 0. The lowest BCUT2D eigenvalue weighted by Crippen LogP contribution is -2.49. The van der Waals surface area contributed by atoms with Gasteiger partial charge in [0.05, 0.1) is 0 Å². The number of carbonyl (C=O) groups excluding carboxylic acids is 1. The molecule has 96 valence electrons. The van der Waals surface area contributed by atoms with Crippen LogP contribution < -0.4 is 16.2 Å². The zero-order valence-electron chi connectivity index (χ0n) is 10.1. The van der Waals surface area contributed by atoms with Crippen LogP contribution in [0.1, 0.15) is 36.0 Å². The highest BCUT2D eigenvalue weighted by molar-refractivity contribution is 7.80. The van der Waals surface area contributed by atoms with E-state index in [1.165, 1.54) is 12.8 Å². The van der Waals surface area contributed by atoms with Crippen molar-refractivity contribution < 1.29 is 4.79 Å². The molecular weight excluding hydrogens is 246 g/mol. The molecule has 0 unspecified atom stereocenters. The molecule has 0 atom stereocenters. The second-order valence-corrected chi connectivity index (χ2v) is 4.81. The second-order valence-electron chi connectivity index (χ2n) is 4.40. The summed E-state index contributed by atoms with van der Waals surface area (Å²) in [6.45, 7) is 0. The summed E-state index contributed by atoms with van der Waals surface area (Å²) in [5, 5.41) is 3.67. The molecule has 1 aromatic rings. The zero-order chi connectivity index (χ0) is 12.8. The molecule has 3 N–H and O–H groups in total. The molecule has 5 heteroatoms. The van der Waals surface area contributed by atoms with Crippen molar-refractivity contribution in [3.63, 3.8) is 0 Å². The van der Waals surface area contributed by atoms with Crippen molar-refractivity contribution >= 4 is 23.2 Å². The molecular formula is C13H17N3OS. The van der Waals surface area contributed by atoms with Crippen LogP contribution in [0, 0.1) is 0 Å². The molecule has 1 saturated carbocycles. The van der Waals surface area contributed by atoms with E-state index >= 15 is 0 Å². The van der Waals surface area contributed by atoms with E-state index in [9.17, 15) is 4.79 Å². The lowest BCUT2D eigenvalue weighted by molar-refractivity contribution is 0.0943. The predicted octanol–water partition coefficient (Wildman–Crippen LogP) is 1.74. The topological polar surface area (TPSA) is 53.2 Å². The first kappa shape index (κ1) is 12.8. The Balaban J connectivity index is 1.74. The maximum Gasteiger partial charge on any atom is 0.269 e. The molecule has 0 radical (unpaired) electrons. The zero-order valence-corrected chi connectivity index (χ0v) is 10.9. The van der Waals surface area contributed by atoms with Crippen LogP contribution in [0.4, 0.5) is 0 Å². The summed E-state index contributed by atoms with van der Waals surface area (Å²) >= 11 is 5.12. The number of hydrazine groups is 1. The molecule has 1 aliphatic carbocycles. The summed E-state index contributed by atoms with van der Waals surface area (Å²) in [5.41, 5.74) is 5.91. The van der Waals surface area contributed by atoms with Crippen LogP contribution in [-0.4, -0.2) is 17.1 Å². The maximum absolute atomic E-state index is 11.7. The van der Waals surface area contributed by atoms with Crippen LogP contribution >= 0.6 is 12.2 Å². The molecule has 1 aliphatic rings. The molecule has 1 amide bonds. The van der Waals surface area contributed by atoms with Crippen LogP contribution in [0.2, 0.25) is 0 Å².